The summed E-state index contributed by atoms with van der Waals surface area (Å²) in [4.78, 5) is 20.0. The van der Waals surface area contributed by atoms with E-state index >= 15 is 0 Å². The number of likely N-dealkylation sites (tertiary alicyclic amines) is 1. The number of likely N-dealkylation sites (N-methyl/N-ethyl adjacent to an activating group) is 1. The van der Waals surface area contributed by atoms with Crippen molar-refractivity contribution in [1.82, 2.24) is 15.2 Å². The van der Waals surface area contributed by atoms with Gasteiger partial charge in [0.2, 0.25) is 5.91 Å². The number of pyridine rings is 1. The fourth-order valence-corrected chi connectivity index (χ4v) is 4.48. The minimum absolute atomic E-state index is 0.0168. The summed E-state index contributed by atoms with van der Waals surface area (Å²) in [5, 5.41) is 2.88. The Balaban J connectivity index is 1.74. The maximum atomic E-state index is 13.2. The number of ether oxygens (including phenoxy) is 1. The molecule has 1 saturated heterocycles. The summed E-state index contributed by atoms with van der Waals surface area (Å²) < 4.78 is 5.66. The molecule has 30 heavy (non-hydrogen) atoms. The molecule has 1 amide bonds. The second-order valence-corrected chi connectivity index (χ2v) is 7.57. The molecule has 5 heteroatoms. The van der Waals surface area contributed by atoms with Gasteiger partial charge in [-0.25, -0.2) is 0 Å². The summed E-state index contributed by atoms with van der Waals surface area (Å²) in [5.74, 6) is 0.810. The van der Waals surface area contributed by atoms with Crippen molar-refractivity contribution in [2.45, 2.75) is 24.9 Å². The quantitative estimate of drug-likeness (QED) is 0.678. The first kappa shape index (κ1) is 20.1. The molecule has 1 aliphatic heterocycles. The van der Waals surface area contributed by atoms with Crippen molar-refractivity contribution in [3.63, 3.8) is 0 Å². The summed E-state index contributed by atoms with van der Waals surface area (Å²) in [5.41, 5.74) is 3.37. The molecular formula is C25H27N3O2. The molecule has 3 aromatic rings. The van der Waals surface area contributed by atoms with Gasteiger partial charge in [0.15, 0.2) is 0 Å². The predicted molar refractivity (Wildman–Crippen MR) is 118 cm³/mol. The normalized spacial score (nSPS) is 18.9. The zero-order valence-corrected chi connectivity index (χ0v) is 17.5. The van der Waals surface area contributed by atoms with Crippen molar-refractivity contribution in [3.05, 3.63) is 84.2 Å². The van der Waals surface area contributed by atoms with E-state index in [1.54, 1.807) is 20.4 Å². The van der Waals surface area contributed by atoms with Crippen molar-refractivity contribution in [2.24, 2.45) is 0 Å². The first-order valence-electron chi connectivity index (χ1n) is 10.3. The molecule has 154 valence electrons. The average Bonchev–Trinajstić information content (AvgIpc) is 3.24. The Bertz CT molecular complexity index is 1010. The van der Waals surface area contributed by atoms with Crippen LogP contribution < -0.4 is 10.1 Å². The van der Waals surface area contributed by atoms with Crippen LogP contribution in [0.15, 0.2) is 72.9 Å². The number of hydrogen-bond acceptors (Lipinski definition) is 4. The van der Waals surface area contributed by atoms with Gasteiger partial charge in [-0.1, -0.05) is 42.5 Å². The van der Waals surface area contributed by atoms with Crippen molar-refractivity contribution < 1.29 is 9.53 Å². The lowest BCUT2D eigenvalue weighted by Crippen LogP contribution is -2.52. The van der Waals surface area contributed by atoms with Gasteiger partial charge in [-0.3, -0.25) is 14.7 Å². The smallest absolute Gasteiger partial charge is 0.246 e. The Labute approximate surface area is 177 Å². The molecule has 0 spiro atoms. The van der Waals surface area contributed by atoms with E-state index < -0.39 is 5.54 Å². The second-order valence-electron chi connectivity index (χ2n) is 7.57. The lowest BCUT2D eigenvalue weighted by Gasteiger charge is -2.36. The minimum atomic E-state index is -0.774. The van der Waals surface area contributed by atoms with Gasteiger partial charge in [0.1, 0.15) is 11.3 Å². The van der Waals surface area contributed by atoms with Crippen LogP contribution in [0.3, 0.4) is 0 Å². The molecule has 0 radical (unpaired) electrons. The molecule has 1 atom stereocenters. The fraction of sp³-hybridized carbons (Fsp3) is 0.280. The van der Waals surface area contributed by atoms with Gasteiger partial charge >= 0.3 is 0 Å². The lowest BCUT2D eigenvalue weighted by atomic mass is 9.89. The van der Waals surface area contributed by atoms with Crippen molar-refractivity contribution in [1.29, 1.82) is 0 Å². The zero-order valence-electron chi connectivity index (χ0n) is 17.5. The van der Waals surface area contributed by atoms with Crippen molar-refractivity contribution in [2.75, 3.05) is 20.7 Å². The molecular weight excluding hydrogens is 374 g/mol. The van der Waals surface area contributed by atoms with Crippen LogP contribution in [-0.4, -0.2) is 36.5 Å². The monoisotopic (exact) mass is 401 g/mol. The van der Waals surface area contributed by atoms with Crippen LogP contribution in [0.1, 0.15) is 24.1 Å². The number of nitrogens with one attached hydrogen (secondary N) is 1. The Morgan fingerprint density at radius 2 is 1.90 bits per heavy atom. The standard InChI is InChI=1S/C25H27N3O2/c1-26-24(29)25(23-11-6-7-15-27-23)14-8-16-28(25)18-21-17-20(12-13-22(21)30-2)19-9-4-3-5-10-19/h3-7,9-13,15,17H,8,14,16,18H2,1-2H3,(H,26,29)/t25-/m0/s1. The number of rotatable bonds is 6. The van der Waals surface area contributed by atoms with Crippen LogP contribution in [0.5, 0.6) is 5.75 Å². The van der Waals surface area contributed by atoms with Crippen LogP contribution in [0.2, 0.25) is 0 Å². The summed E-state index contributed by atoms with van der Waals surface area (Å²) in [6, 6.07) is 22.3. The average molecular weight is 402 g/mol. The largest absolute Gasteiger partial charge is 0.496 e. The third-order valence-corrected chi connectivity index (χ3v) is 5.95. The Morgan fingerprint density at radius 3 is 2.60 bits per heavy atom. The summed E-state index contributed by atoms with van der Waals surface area (Å²) in [6.45, 7) is 1.43. The number of nitrogens with zero attached hydrogens (tertiary/aromatic N) is 2. The molecule has 5 nitrogen and oxygen atoms in total. The van der Waals surface area contributed by atoms with E-state index in [0.29, 0.717) is 6.54 Å². The van der Waals surface area contributed by atoms with E-state index in [-0.39, 0.29) is 5.91 Å². The van der Waals surface area contributed by atoms with Crippen LogP contribution in [0.4, 0.5) is 0 Å². The highest BCUT2D eigenvalue weighted by atomic mass is 16.5. The molecule has 0 aliphatic carbocycles. The van der Waals surface area contributed by atoms with Crippen LogP contribution in [-0.2, 0) is 16.9 Å². The first-order valence-corrected chi connectivity index (χ1v) is 10.3. The third-order valence-electron chi connectivity index (χ3n) is 5.95. The van der Waals surface area contributed by atoms with E-state index in [1.165, 1.54) is 0 Å². The number of aromatic nitrogens is 1. The third kappa shape index (κ3) is 3.57. The van der Waals surface area contributed by atoms with Gasteiger partial charge < -0.3 is 10.1 Å². The molecule has 0 unspecified atom stereocenters. The minimum Gasteiger partial charge on any atom is -0.496 e. The van der Waals surface area contributed by atoms with Gasteiger partial charge in [0.25, 0.3) is 0 Å². The predicted octanol–water partition coefficient (Wildman–Crippen LogP) is 3.99. The highest BCUT2D eigenvalue weighted by molar-refractivity contribution is 5.87. The van der Waals surface area contributed by atoms with E-state index in [4.69, 9.17) is 4.74 Å². The molecule has 2 aromatic carbocycles. The van der Waals surface area contributed by atoms with Gasteiger partial charge in [-0.05, 0) is 54.8 Å². The molecule has 1 N–H and O–H groups in total. The number of benzene rings is 2. The highest BCUT2D eigenvalue weighted by Crippen LogP contribution is 2.40. The van der Waals surface area contributed by atoms with E-state index in [9.17, 15) is 4.79 Å². The van der Waals surface area contributed by atoms with E-state index in [0.717, 1.165) is 47.5 Å². The summed E-state index contributed by atoms with van der Waals surface area (Å²) >= 11 is 0. The molecule has 2 heterocycles. The van der Waals surface area contributed by atoms with Gasteiger partial charge in [0.05, 0.1) is 12.8 Å². The first-order chi connectivity index (χ1) is 14.7. The summed E-state index contributed by atoms with van der Waals surface area (Å²) in [6.07, 6.45) is 3.43. The van der Waals surface area contributed by atoms with Crippen molar-refractivity contribution in [3.8, 4) is 16.9 Å². The summed E-state index contributed by atoms with van der Waals surface area (Å²) in [7, 11) is 3.38. The molecule has 1 aliphatic rings. The van der Waals surface area contributed by atoms with Crippen molar-refractivity contribution >= 4 is 5.91 Å². The topological polar surface area (TPSA) is 54.5 Å². The molecule has 0 saturated carbocycles. The maximum Gasteiger partial charge on any atom is 0.246 e. The number of carbonyl (C=O) groups excluding carboxylic acids is 1. The molecule has 1 aromatic heterocycles. The van der Waals surface area contributed by atoms with E-state index in [2.05, 4.69) is 39.5 Å². The number of methoxy groups -OCH3 is 1. The fourth-order valence-electron chi connectivity index (χ4n) is 4.48. The Kier molecular flexibility index (Phi) is 5.81. The molecule has 1 fully saturated rings. The lowest BCUT2D eigenvalue weighted by molar-refractivity contribution is -0.132. The Morgan fingerprint density at radius 1 is 1.10 bits per heavy atom. The molecule has 4 rings (SSSR count). The number of carbonyl (C=O) groups is 1. The van der Waals surface area contributed by atoms with Gasteiger partial charge in [0, 0.05) is 25.4 Å². The van der Waals surface area contributed by atoms with Crippen LogP contribution in [0, 0.1) is 0 Å². The zero-order chi connectivity index (χ0) is 21.0. The highest BCUT2D eigenvalue weighted by Gasteiger charge is 2.49. The van der Waals surface area contributed by atoms with Crippen LogP contribution >= 0.6 is 0 Å². The number of amides is 1. The second kappa shape index (κ2) is 8.67. The molecule has 0 bridgehead atoms. The van der Waals surface area contributed by atoms with Gasteiger partial charge in [-0.15, -0.1) is 0 Å². The number of hydrogen-bond donors (Lipinski definition) is 1. The Hall–Kier alpha value is -3.18. The van der Waals surface area contributed by atoms with Gasteiger partial charge in [-0.2, -0.15) is 0 Å². The maximum absolute atomic E-state index is 13.2. The van der Waals surface area contributed by atoms with Crippen LogP contribution in [0.25, 0.3) is 11.1 Å². The van der Waals surface area contributed by atoms with E-state index in [1.807, 2.05) is 42.5 Å². The SMILES string of the molecule is CNC(=O)[C@@]1(c2ccccn2)CCCN1Cc1cc(-c2ccccc2)ccc1OC.